The summed E-state index contributed by atoms with van der Waals surface area (Å²) in [5.74, 6) is 0.599. The molecule has 2 N–H and O–H groups in total. The molecule has 6 nitrogen and oxygen atoms in total. The first kappa shape index (κ1) is 33.1. The molecule has 1 atom stereocenters. The molecule has 1 aliphatic heterocycles. The monoisotopic (exact) mass is 539 g/mol. The first-order valence-corrected chi connectivity index (χ1v) is 20.7. The van der Waals surface area contributed by atoms with Crippen molar-refractivity contribution in [3.63, 3.8) is 0 Å². The van der Waals surface area contributed by atoms with Gasteiger partial charge in [0.25, 0.3) is 0 Å². The number of rotatable bonds is 17. The fourth-order valence-electron chi connectivity index (χ4n) is 3.43. The van der Waals surface area contributed by atoms with Crippen molar-refractivity contribution in [1.82, 2.24) is 10.2 Å². The molecule has 0 bridgehead atoms. The van der Waals surface area contributed by atoms with Gasteiger partial charge < -0.3 is 24.5 Å². The minimum atomic E-state index is -1.79. The zero-order valence-corrected chi connectivity index (χ0v) is 27.0. The molecular formula is C28H57N3O3Si2. The Hall–Kier alpha value is -0.936. The van der Waals surface area contributed by atoms with Crippen LogP contribution in [0.1, 0.15) is 72.6 Å². The molecule has 8 heteroatoms. The third-order valence-corrected chi connectivity index (χ3v) is 13.3. The summed E-state index contributed by atoms with van der Waals surface area (Å²) in [4.78, 5) is 6.55. The van der Waals surface area contributed by atoms with Crippen molar-refractivity contribution in [3.8, 4) is 0 Å². The summed E-state index contributed by atoms with van der Waals surface area (Å²) < 4.78 is 12.2. The Balaban J connectivity index is 2.71. The number of hydrogen-bond acceptors (Lipinski definition) is 6. The number of unbranched alkanes of at least 4 members (excludes halogenated alkanes) is 6. The summed E-state index contributed by atoms with van der Waals surface area (Å²) in [6.45, 7) is 23.0. The summed E-state index contributed by atoms with van der Waals surface area (Å²) in [6.07, 6.45) is 13.9. The molecule has 0 aromatic heterocycles. The molecular weight excluding hydrogens is 482 g/mol. The van der Waals surface area contributed by atoms with Gasteiger partial charge in [-0.05, 0) is 36.7 Å². The van der Waals surface area contributed by atoms with E-state index in [-0.39, 0.29) is 5.04 Å². The summed E-state index contributed by atoms with van der Waals surface area (Å²) in [5.41, 5.74) is 0.801. The summed E-state index contributed by atoms with van der Waals surface area (Å²) in [6, 6.07) is 1.11. The normalized spacial score (nSPS) is 17.5. The zero-order valence-electron chi connectivity index (χ0n) is 25.0. The van der Waals surface area contributed by atoms with Gasteiger partial charge in [-0.2, -0.15) is 0 Å². The van der Waals surface area contributed by atoms with Gasteiger partial charge >= 0.3 is 0 Å². The van der Waals surface area contributed by atoms with Gasteiger partial charge in [-0.3, -0.25) is 0 Å². The van der Waals surface area contributed by atoms with Crippen molar-refractivity contribution in [2.24, 2.45) is 4.99 Å². The van der Waals surface area contributed by atoms with E-state index in [0.717, 1.165) is 31.3 Å². The van der Waals surface area contributed by atoms with Crippen molar-refractivity contribution >= 4 is 22.2 Å². The molecule has 0 aromatic carbocycles. The highest BCUT2D eigenvalue weighted by atomic mass is 28.4. The van der Waals surface area contributed by atoms with Gasteiger partial charge in [-0.15, -0.1) is 0 Å². The van der Waals surface area contributed by atoms with Crippen LogP contribution < -0.4 is 5.32 Å². The van der Waals surface area contributed by atoms with E-state index < -0.39 is 22.6 Å². The Kier molecular flexibility index (Phi) is 14.8. The number of aliphatic imine (C=N–C) groups is 1. The highest BCUT2D eigenvalue weighted by molar-refractivity contribution is 6.76. The number of aliphatic hydroxyl groups is 1. The fraction of sp³-hybridized carbons (Fsp3) is 0.821. The minimum absolute atomic E-state index is 0.185. The number of amidine groups is 1. The molecule has 0 saturated carbocycles. The SMILES string of the molecule is CCCCCCCCCNC1=NC(/C=C/CO[Si](C)(C)C(C)(C)C)=CN(COCC[Si](C)(C)C)C1O. The predicted octanol–water partition coefficient (Wildman–Crippen LogP) is 7.09. The van der Waals surface area contributed by atoms with E-state index in [1.807, 2.05) is 23.3 Å². The molecule has 0 radical (unpaired) electrons. The van der Waals surface area contributed by atoms with E-state index in [2.05, 4.69) is 65.7 Å². The van der Waals surface area contributed by atoms with Crippen molar-refractivity contribution in [1.29, 1.82) is 0 Å². The van der Waals surface area contributed by atoms with Crippen molar-refractivity contribution in [2.75, 3.05) is 26.5 Å². The highest BCUT2D eigenvalue weighted by Crippen LogP contribution is 2.36. The lowest BCUT2D eigenvalue weighted by Crippen LogP contribution is -2.47. The van der Waals surface area contributed by atoms with E-state index in [4.69, 9.17) is 14.2 Å². The molecule has 1 rings (SSSR count). The first-order valence-electron chi connectivity index (χ1n) is 14.1. The smallest absolute Gasteiger partial charge is 0.192 e. The van der Waals surface area contributed by atoms with E-state index in [1.165, 1.54) is 38.5 Å². The largest absolute Gasteiger partial charge is 0.413 e. The van der Waals surface area contributed by atoms with Crippen LogP contribution in [-0.4, -0.2) is 65.0 Å². The fourth-order valence-corrected chi connectivity index (χ4v) is 5.13. The number of hydrogen-bond donors (Lipinski definition) is 2. The lowest BCUT2D eigenvalue weighted by molar-refractivity contribution is -0.0110. The van der Waals surface area contributed by atoms with Gasteiger partial charge in [0.05, 0.1) is 12.3 Å². The maximum atomic E-state index is 10.9. The van der Waals surface area contributed by atoms with Gasteiger partial charge in [0.1, 0.15) is 6.73 Å². The first-order chi connectivity index (χ1) is 16.8. The van der Waals surface area contributed by atoms with E-state index in [9.17, 15) is 5.11 Å². The molecule has 0 aromatic rings. The molecule has 1 aliphatic rings. The van der Waals surface area contributed by atoms with Crippen LogP contribution in [0.25, 0.3) is 0 Å². The van der Waals surface area contributed by atoms with E-state index >= 15 is 0 Å². The quantitative estimate of drug-likeness (QED) is 0.153. The van der Waals surface area contributed by atoms with Gasteiger partial charge in [0.2, 0.25) is 0 Å². The van der Waals surface area contributed by atoms with Crippen LogP contribution in [0.2, 0.25) is 43.8 Å². The Morgan fingerprint density at radius 2 is 1.69 bits per heavy atom. The minimum Gasteiger partial charge on any atom is -0.413 e. The standard InChI is InChI=1S/C28H57N3O3Si2/c1-10-11-12-13-14-15-16-19-29-26-27(32)31(24-33-21-22-35(5,6)7)23-25(30-26)18-17-20-34-36(8,9)28(2,3)4/h17-18,23,27,32H,10-16,19-22,24H2,1-9H3,(H,29,30)/b18-17+. The van der Waals surface area contributed by atoms with Crippen LogP contribution in [0.3, 0.4) is 0 Å². The van der Waals surface area contributed by atoms with E-state index in [0.29, 0.717) is 19.2 Å². The maximum Gasteiger partial charge on any atom is 0.192 e. The maximum absolute atomic E-state index is 10.9. The number of nitrogens with zero attached hydrogens (tertiary/aromatic N) is 2. The van der Waals surface area contributed by atoms with Crippen molar-refractivity contribution < 1.29 is 14.3 Å². The Labute approximate surface area is 224 Å². The second-order valence-corrected chi connectivity index (χ2v) is 23.2. The molecule has 1 heterocycles. The van der Waals surface area contributed by atoms with Crippen LogP contribution in [0, 0.1) is 0 Å². The lowest BCUT2D eigenvalue weighted by atomic mass is 10.1. The van der Waals surface area contributed by atoms with Crippen LogP contribution in [0.4, 0.5) is 0 Å². The average molecular weight is 540 g/mol. The number of allylic oxidation sites excluding steroid dienone is 1. The molecule has 0 spiro atoms. The molecule has 1 unspecified atom stereocenters. The third-order valence-electron chi connectivity index (χ3n) is 7.06. The van der Waals surface area contributed by atoms with Crippen molar-refractivity contribution in [2.45, 2.75) is 123 Å². The summed E-state index contributed by atoms with van der Waals surface area (Å²) in [7, 11) is -2.94. The molecule has 0 fully saturated rings. The Morgan fingerprint density at radius 3 is 2.31 bits per heavy atom. The van der Waals surface area contributed by atoms with Crippen molar-refractivity contribution in [3.05, 3.63) is 24.0 Å². The Morgan fingerprint density at radius 1 is 1.06 bits per heavy atom. The Bertz CT molecular complexity index is 710. The molecule has 0 saturated heterocycles. The van der Waals surface area contributed by atoms with Gasteiger partial charge in [-0.25, -0.2) is 4.99 Å². The second-order valence-electron chi connectivity index (χ2n) is 12.8. The summed E-state index contributed by atoms with van der Waals surface area (Å²) >= 11 is 0. The van der Waals surface area contributed by atoms with Gasteiger partial charge in [-0.1, -0.05) is 91.9 Å². The topological polar surface area (TPSA) is 66.3 Å². The van der Waals surface area contributed by atoms with Gasteiger partial charge in [0, 0.05) is 27.4 Å². The second kappa shape index (κ2) is 16.1. The van der Waals surface area contributed by atoms with Crippen LogP contribution >= 0.6 is 0 Å². The number of nitrogens with one attached hydrogen (secondary N) is 1. The van der Waals surface area contributed by atoms with Gasteiger partial charge in [0.15, 0.2) is 20.4 Å². The molecule has 0 amide bonds. The predicted molar refractivity (Wildman–Crippen MR) is 161 cm³/mol. The zero-order chi connectivity index (χ0) is 27.2. The number of ether oxygens (including phenoxy) is 1. The van der Waals surface area contributed by atoms with Crippen LogP contribution in [0.15, 0.2) is 29.0 Å². The highest BCUT2D eigenvalue weighted by Gasteiger charge is 2.36. The summed E-state index contributed by atoms with van der Waals surface area (Å²) in [5, 5.41) is 14.5. The molecule has 36 heavy (non-hydrogen) atoms. The lowest BCUT2D eigenvalue weighted by Gasteiger charge is -2.35. The molecule has 210 valence electrons. The third kappa shape index (κ3) is 13.6. The van der Waals surface area contributed by atoms with E-state index in [1.54, 1.807) is 0 Å². The average Bonchev–Trinajstić information content (AvgIpc) is 2.77. The van der Waals surface area contributed by atoms with Crippen LogP contribution in [-0.2, 0) is 9.16 Å². The number of aliphatic hydroxyl groups excluding tert-OH is 1. The molecule has 0 aliphatic carbocycles. The van der Waals surface area contributed by atoms with Crippen LogP contribution in [0.5, 0.6) is 0 Å².